The van der Waals surface area contributed by atoms with Gasteiger partial charge in [0, 0.05) is 0 Å². The topological polar surface area (TPSA) is 54.4 Å². The molecule has 0 aliphatic heterocycles. The predicted octanol–water partition coefficient (Wildman–Crippen LogP) is 1.74. The molecule has 1 unspecified atom stereocenters. The molecule has 1 aliphatic rings. The number of hydrogen-bond donors (Lipinski definition) is 1. The van der Waals surface area contributed by atoms with Gasteiger partial charge in [-0.05, 0) is 25.3 Å². The zero-order chi connectivity index (χ0) is 9.35. The quantitative estimate of drug-likeness (QED) is 0.638. The fourth-order valence-electron chi connectivity index (χ4n) is 1.38. The number of rotatable bonds is 1. The van der Waals surface area contributed by atoms with Crippen LogP contribution < -0.4 is 0 Å². The highest BCUT2D eigenvalue weighted by molar-refractivity contribution is 7.89. The highest BCUT2D eigenvalue weighted by atomic mass is 32.2. The van der Waals surface area contributed by atoms with E-state index in [1.54, 1.807) is 13.0 Å². The normalized spacial score (nSPS) is 24.8. The zero-order valence-corrected chi connectivity index (χ0v) is 7.93. The Balaban J connectivity index is 3.07. The lowest BCUT2D eigenvalue weighted by molar-refractivity contribution is 0.482. The lowest BCUT2D eigenvalue weighted by atomic mass is 9.97. The highest BCUT2D eigenvalue weighted by Gasteiger charge is 2.22. The Morgan fingerprint density at radius 3 is 2.50 bits per heavy atom. The van der Waals surface area contributed by atoms with Crippen LogP contribution in [0, 0.1) is 5.92 Å². The average Bonchev–Trinajstić information content (AvgIpc) is 1.83. The van der Waals surface area contributed by atoms with Crippen molar-refractivity contribution in [2.75, 3.05) is 0 Å². The summed E-state index contributed by atoms with van der Waals surface area (Å²) in [4.78, 5) is 0.119. The van der Waals surface area contributed by atoms with E-state index in [2.05, 4.69) is 0 Å². The van der Waals surface area contributed by atoms with Gasteiger partial charge in [-0.2, -0.15) is 8.42 Å². The Labute approximate surface area is 72.5 Å². The summed E-state index contributed by atoms with van der Waals surface area (Å²) in [5.41, 5.74) is 1.13. The molecular weight excluding hydrogens is 176 g/mol. The molecule has 0 aromatic rings. The van der Waals surface area contributed by atoms with Crippen LogP contribution in [-0.2, 0) is 10.1 Å². The molecule has 68 valence electrons. The molecule has 0 saturated carbocycles. The van der Waals surface area contributed by atoms with E-state index >= 15 is 0 Å². The van der Waals surface area contributed by atoms with Gasteiger partial charge >= 0.3 is 0 Å². The molecule has 0 aromatic heterocycles. The lowest BCUT2D eigenvalue weighted by Gasteiger charge is -2.16. The molecule has 1 rings (SSSR count). The van der Waals surface area contributed by atoms with Crippen LogP contribution in [-0.4, -0.2) is 13.0 Å². The summed E-state index contributed by atoms with van der Waals surface area (Å²) < 4.78 is 30.3. The highest BCUT2D eigenvalue weighted by Crippen LogP contribution is 2.27. The number of allylic oxidation sites excluding steroid dienone is 4. The molecule has 0 heterocycles. The van der Waals surface area contributed by atoms with E-state index in [9.17, 15) is 8.42 Å². The van der Waals surface area contributed by atoms with Crippen LogP contribution in [0.5, 0.6) is 0 Å². The van der Waals surface area contributed by atoms with E-state index < -0.39 is 10.1 Å². The third kappa shape index (κ3) is 1.95. The first kappa shape index (κ1) is 9.48. The van der Waals surface area contributed by atoms with E-state index in [-0.39, 0.29) is 10.8 Å². The van der Waals surface area contributed by atoms with Crippen molar-refractivity contribution in [2.45, 2.75) is 20.3 Å². The van der Waals surface area contributed by atoms with E-state index in [1.807, 2.05) is 6.92 Å². The van der Waals surface area contributed by atoms with Crippen molar-refractivity contribution in [3.8, 4) is 0 Å². The van der Waals surface area contributed by atoms with Gasteiger partial charge in [0.2, 0.25) is 0 Å². The molecule has 3 nitrogen and oxygen atoms in total. The largest absolute Gasteiger partial charge is 0.290 e. The Bertz CT molecular complexity index is 335. The molecule has 0 bridgehead atoms. The first-order valence-corrected chi connectivity index (χ1v) is 5.20. The Morgan fingerprint density at radius 2 is 2.08 bits per heavy atom. The van der Waals surface area contributed by atoms with E-state index in [0.717, 1.165) is 5.57 Å². The Morgan fingerprint density at radius 1 is 1.50 bits per heavy atom. The van der Waals surface area contributed by atoms with Gasteiger partial charge in [-0.25, -0.2) is 0 Å². The van der Waals surface area contributed by atoms with Gasteiger partial charge in [0.25, 0.3) is 10.1 Å². The van der Waals surface area contributed by atoms with Crippen molar-refractivity contribution in [3.05, 3.63) is 22.6 Å². The standard InChI is InChI=1S/C8H12O3S/c1-6-3-4-8(7(2)5-6)12(9,10)11/h3-4,7H,5H2,1-2H3,(H,9,10,11). The van der Waals surface area contributed by atoms with Gasteiger partial charge in [-0.3, -0.25) is 4.55 Å². The van der Waals surface area contributed by atoms with Crippen LogP contribution in [0.1, 0.15) is 20.3 Å². The van der Waals surface area contributed by atoms with Crippen LogP contribution in [0.3, 0.4) is 0 Å². The summed E-state index contributed by atoms with van der Waals surface area (Å²) in [6.07, 6.45) is 3.90. The molecular formula is C8H12O3S. The van der Waals surface area contributed by atoms with Gasteiger partial charge in [0.1, 0.15) is 0 Å². The minimum atomic E-state index is -3.98. The molecule has 1 N–H and O–H groups in total. The van der Waals surface area contributed by atoms with Crippen molar-refractivity contribution in [3.63, 3.8) is 0 Å². The predicted molar refractivity (Wildman–Crippen MR) is 47.2 cm³/mol. The number of hydrogen-bond acceptors (Lipinski definition) is 2. The second-order valence-electron chi connectivity index (χ2n) is 3.16. The van der Waals surface area contributed by atoms with Gasteiger partial charge < -0.3 is 0 Å². The molecule has 0 aromatic carbocycles. The van der Waals surface area contributed by atoms with Crippen LogP contribution in [0.4, 0.5) is 0 Å². The van der Waals surface area contributed by atoms with E-state index in [0.29, 0.717) is 6.42 Å². The van der Waals surface area contributed by atoms with Crippen LogP contribution in [0.15, 0.2) is 22.6 Å². The average molecular weight is 188 g/mol. The van der Waals surface area contributed by atoms with Crippen molar-refractivity contribution >= 4 is 10.1 Å². The maximum atomic E-state index is 10.8. The second kappa shape index (κ2) is 3.03. The maximum Gasteiger partial charge on any atom is 0.290 e. The van der Waals surface area contributed by atoms with Crippen molar-refractivity contribution < 1.29 is 13.0 Å². The summed E-state index contributed by atoms with van der Waals surface area (Å²) >= 11 is 0. The van der Waals surface area contributed by atoms with Gasteiger partial charge in [0.15, 0.2) is 0 Å². The molecule has 0 spiro atoms. The molecule has 12 heavy (non-hydrogen) atoms. The molecule has 0 saturated heterocycles. The van der Waals surface area contributed by atoms with Gasteiger partial charge in [-0.1, -0.05) is 18.6 Å². The lowest BCUT2D eigenvalue weighted by Crippen LogP contribution is -2.12. The Kier molecular flexibility index (Phi) is 2.39. The molecule has 0 amide bonds. The molecule has 1 atom stereocenters. The third-order valence-corrected chi connectivity index (χ3v) is 3.08. The SMILES string of the molecule is CC1=CC=C(S(=O)(=O)O)C(C)C1. The first-order chi connectivity index (χ1) is 5.41. The fourth-order valence-corrected chi connectivity index (χ4v) is 2.21. The summed E-state index contributed by atoms with van der Waals surface area (Å²) in [6.45, 7) is 3.73. The van der Waals surface area contributed by atoms with Crippen LogP contribution in [0.2, 0.25) is 0 Å². The zero-order valence-electron chi connectivity index (χ0n) is 7.11. The first-order valence-electron chi connectivity index (χ1n) is 3.76. The fraction of sp³-hybridized carbons (Fsp3) is 0.500. The summed E-state index contributed by atoms with van der Waals surface area (Å²) in [6, 6.07) is 0. The van der Waals surface area contributed by atoms with Gasteiger partial charge in [-0.15, -0.1) is 0 Å². The van der Waals surface area contributed by atoms with E-state index in [4.69, 9.17) is 4.55 Å². The van der Waals surface area contributed by atoms with Crippen molar-refractivity contribution in [2.24, 2.45) is 5.92 Å². The minimum Gasteiger partial charge on any atom is -0.282 e. The third-order valence-electron chi connectivity index (χ3n) is 1.94. The molecule has 0 radical (unpaired) electrons. The van der Waals surface area contributed by atoms with Crippen LogP contribution in [0.25, 0.3) is 0 Å². The summed E-state index contributed by atoms with van der Waals surface area (Å²) in [5.74, 6) is -0.106. The van der Waals surface area contributed by atoms with Crippen molar-refractivity contribution in [1.29, 1.82) is 0 Å². The maximum absolute atomic E-state index is 10.8. The summed E-state index contributed by atoms with van der Waals surface area (Å²) in [7, 11) is -3.98. The smallest absolute Gasteiger partial charge is 0.282 e. The molecule has 1 aliphatic carbocycles. The second-order valence-corrected chi connectivity index (χ2v) is 4.58. The monoisotopic (exact) mass is 188 g/mol. The van der Waals surface area contributed by atoms with Gasteiger partial charge in [0.05, 0.1) is 4.91 Å². The van der Waals surface area contributed by atoms with Crippen molar-refractivity contribution in [1.82, 2.24) is 0 Å². The Hall–Kier alpha value is -0.610. The summed E-state index contributed by atoms with van der Waals surface area (Å²) in [5, 5.41) is 0. The molecule has 4 heteroatoms. The minimum absolute atomic E-state index is 0.106. The van der Waals surface area contributed by atoms with E-state index in [1.165, 1.54) is 6.08 Å². The molecule has 0 fully saturated rings. The van der Waals surface area contributed by atoms with Crippen LogP contribution >= 0.6 is 0 Å².